The smallest absolute Gasteiger partial charge is 0.226 e. The average molecular weight is 315 g/mol. The summed E-state index contributed by atoms with van der Waals surface area (Å²) in [7, 11) is 0. The van der Waals surface area contributed by atoms with Gasteiger partial charge in [0, 0.05) is 22.7 Å². The number of carbonyl (C=O) groups is 1. The number of anilines is 1. The third kappa shape index (κ3) is 2.04. The van der Waals surface area contributed by atoms with Gasteiger partial charge in [0.15, 0.2) is 5.78 Å². The van der Waals surface area contributed by atoms with Crippen molar-refractivity contribution in [3.8, 4) is 0 Å². The molecule has 4 rings (SSSR count). The molecule has 1 N–H and O–H groups in total. The number of benzene rings is 1. The van der Waals surface area contributed by atoms with Crippen molar-refractivity contribution < 1.29 is 4.79 Å². The molecule has 0 fully saturated rings. The highest BCUT2D eigenvalue weighted by Gasteiger charge is 2.37. The minimum atomic E-state index is -0.257. The Bertz CT molecular complexity index is 795. The number of Topliss-reactive ketones (excluding diaryl/α,β-unsaturated/α-hetero) is 1. The van der Waals surface area contributed by atoms with Gasteiger partial charge in [0.25, 0.3) is 0 Å². The second-order valence-electron chi connectivity index (χ2n) is 5.94. The molecule has 2 aromatic rings. The van der Waals surface area contributed by atoms with Crippen molar-refractivity contribution >= 4 is 23.3 Å². The van der Waals surface area contributed by atoms with Gasteiger partial charge in [-0.25, -0.2) is 4.68 Å². The molecule has 0 saturated heterocycles. The third-order valence-corrected chi connectivity index (χ3v) is 4.47. The van der Waals surface area contributed by atoms with Gasteiger partial charge in [0.2, 0.25) is 5.95 Å². The summed E-state index contributed by atoms with van der Waals surface area (Å²) in [6.07, 6.45) is 2.93. The van der Waals surface area contributed by atoms with Gasteiger partial charge in [-0.3, -0.25) is 4.79 Å². The topological polar surface area (TPSA) is 59.8 Å². The minimum Gasteiger partial charge on any atom is -0.328 e. The predicted octanol–water partition coefficient (Wildman–Crippen LogP) is 3.20. The molecule has 0 amide bonds. The SMILES string of the molecule is C[C@H]1CC(=O)C2=C(C1)Nc1ncnn1[C@H]2c1cccc(Cl)c1. The van der Waals surface area contributed by atoms with Crippen LogP contribution in [-0.2, 0) is 4.79 Å². The second kappa shape index (κ2) is 4.95. The van der Waals surface area contributed by atoms with Crippen molar-refractivity contribution in [1.29, 1.82) is 0 Å². The van der Waals surface area contributed by atoms with Gasteiger partial charge >= 0.3 is 0 Å². The number of allylic oxidation sites excluding steroid dienone is 2. The van der Waals surface area contributed by atoms with Crippen molar-refractivity contribution in [2.24, 2.45) is 5.92 Å². The van der Waals surface area contributed by atoms with Gasteiger partial charge in [-0.2, -0.15) is 10.1 Å². The molecular weight excluding hydrogens is 300 g/mol. The molecule has 1 aromatic heterocycles. The lowest BCUT2D eigenvalue weighted by Crippen LogP contribution is -2.33. The van der Waals surface area contributed by atoms with Crippen LogP contribution in [0.1, 0.15) is 31.4 Å². The standard InChI is InChI=1S/C16H15ClN4O/c1-9-5-12-14(13(22)6-9)15(10-3-2-4-11(17)7-10)21-16(20-12)18-8-19-21/h2-4,7-9,15H,5-6H2,1H3,(H,18,19,20)/t9-,15+/m1/s1. The number of halogens is 1. The molecule has 2 aliphatic rings. The number of aromatic nitrogens is 3. The van der Waals surface area contributed by atoms with Crippen LogP contribution in [0.5, 0.6) is 0 Å². The lowest BCUT2D eigenvalue weighted by Gasteiger charge is -2.34. The Kier molecular flexibility index (Phi) is 3.04. The molecule has 0 spiro atoms. The van der Waals surface area contributed by atoms with Crippen LogP contribution in [0.25, 0.3) is 0 Å². The fraction of sp³-hybridized carbons (Fsp3) is 0.312. The number of fused-ring (bicyclic) bond motifs is 1. The lowest BCUT2D eigenvalue weighted by molar-refractivity contribution is -0.117. The van der Waals surface area contributed by atoms with E-state index in [1.165, 1.54) is 6.33 Å². The van der Waals surface area contributed by atoms with Crippen LogP contribution in [0.4, 0.5) is 5.95 Å². The van der Waals surface area contributed by atoms with E-state index in [4.69, 9.17) is 11.6 Å². The van der Waals surface area contributed by atoms with Crippen molar-refractivity contribution in [3.63, 3.8) is 0 Å². The van der Waals surface area contributed by atoms with E-state index in [1.54, 1.807) is 4.68 Å². The summed E-state index contributed by atoms with van der Waals surface area (Å²) in [5.74, 6) is 1.19. The van der Waals surface area contributed by atoms with Crippen LogP contribution in [0, 0.1) is 5.92 Å². The Morgan fingerprint density at radius 1 is 1.36 bits per heavy atom. The van der Waals surface area contributed by atoms with E-state index in [2.05, 4.69) is 22.3 Å². The molecule has 0 unspecified atom stereocenters. The van der Waals surface area contributed by atoms with Crippen molar-refractivity contribution in [3.05, 3.63) is 52.4 Å². The van der Waals surface area contributed by atoms with Crippen LogP contribution < -0.4 is 5.32 Å². The van der Waals surface area contributed by atoms with E-state index >= 15 is 0 Å². The summed E-state index contributed by atoms with van der Waals surface area (Å²) >= 11 is 6.14. The van der Waals surface area contributed by atoms with E-state index in [9.17, 15) is 4.79 Å². The largest absolute Gasteiger partial charge is 0.328 e. The van der Waals surface area contributed by atoms with E-state index in [0.29, 0.717) is 23.3 Å². The molecule has 112 valence electrons. The molecule has 2 heterocycles. The quantitative estimate of drug-likeness (QED) is 0.878. The molecule has 1 aromatic carbocycles. The first-order valence-electron chi connectivity index (χ1n) is 7.31. The van der Waals surface area contributed by atoms with Crippen LogP contribution >= 0.6 is 11.6 Å². The second-order valence-corrected chi connectivity index (χ2v) is 6.38. The molecule has 1 aliphatic heterocycles. The number of hydrogen-bond acceptors (Lipinski definition) is 4. The van der Waals surface area contributed by atoms with Gasteiger partial charge in [-0.1, -0.05) is 30.7 Å². The fourth-order valence-corrected chi connectivity index (χ4v) is 3.53. The van der Waals surface area contributed by atoms with Gasteiger partial charge in [-0.05, 0) is 30.0 Å². The number of nitrogens with one attached hydrogen (secondary N) is 1. The number of ketones is 1. The molecule has 2 atom stereocenters. The van der Waals surface area contributed by atoms with Crippen LogP contribution in [0.15, 0.2) is 41.9 Å². The van der Waals surface area contributed by atoms with E-state index in [1.807, 2.05) is 24.3 Å². The van der Waals surface area contributed by atoms with Gasteiger partial charge < -0.3 is 5.32 Å². The summed E-state index contributed by atoms with van der Waals surface area (Å²) in [5, 5.41) is 8.22. The van der Waals surface area contributed by atoms with Crippen molar-refractivity contribution in [2.45, 2.75) is 25.8 Å². The first kappa shape index (κ1) is 13.5. The Labute approximate surface area is 133 Å². The first-order chi connectivity index (χ1) is 10.6. The summed E-state index contributed by atoms with van der Waals surface area (Å²) in [4.78, 5) is 16.9. The van der Waals surface area contributed by atoms with E-state index < -0.39 is 0 Å². The van der Waals surface area contributed by atoms with Gasteiger partial charge in [-0.15, -0.1) is 0 Å². The maximum Gasteiger partial charge on any atom is 0.226 e. The molecule has 0 bridgehead atoms. The average Bonchev–Trinajstić information content (AvgIpc) is 2.92. The molecule has 5 nitrogen and oxygen atoms in total. The van der Waals surface area contributed by atoms with Crippen molar-refractivity contribution in [1.82, 2.24) is 14.8 Å². The zero-order chi connectivity index (χ0) is 15.3. The Morgan fingerprint density at radius 3 is 3.05 bits per heavy atom. The number of rotatable bonds is 1. The summed E-state index contributed by atoms with van der Waals surface area (Å²) < 4.78 is 1.76. The Morgan fingerprint density at radius 2 is 2.23 bits per heavy atom. The summed E-state index contributed by atoms with van der Waals surface area (Å²) in [5.41, 5.74) is 2.71. The maximum atomic E-state index is 12.6. The lowest BCUT2D eigenvalue weighted by atomic mass is 9.81. The molecule has 0 radical (unpaired) electrons. The maximum absolute atomic E-state index is 12.6. The highest BCUT2D eigenvalue weighted by Crippen LogP contribution is 2.41. The van der Waals surface area contributed by atoms with E-state index in [0.717, 1.165) is 23.3 Å². The fourth-order valence-electron chi connectivity index (χ4n) is 3.33. The molecular formula is C16H15ClN4O. The van der Waals surface area contributed by atoms with Crippen LogP contribution in [0.3, 0.4) is 0 Å². The van der Waals surface area contributed by atoms with Crippen molar-refractivity contribution in [2.75, 3.05) is 5.32 Å². The highest BCUT2D eigenvalue weighted by molar-refractivity contribution is 6.30. The summed E-state index contributed by atoms with van der Waals surface area (Å²) in [6, 6.07) is 7.33. The molecule has 1 aliphatic carbocycles. The molecule has 6 heteroatoms. The van der Waals surface area contributed by atoms with Gasteiger partial charge in [0.05, 0.1) is 0 Å². The van der Waals surface area contributed by atoms with Crippen LogP contribution in [-0.4, -0.2) is 20.5 Å². The zero-order valence-corrected chi connectivity index (χ0v) is 12.8. The Balaban J connectivity index is 1.92. The normalized spacial score (nSPS) is 23.8. The third-order valence-electron chi connectivity index (χ3n) is 4.23. The number of nitrogens with zero attached hydrogens (tertiary/aromatic N) is 3. The number of carbonyl (C=O) groups excluding carboxylic acids is 1. The summed E-state index contributed by atoms with van der Waals surface area (Å²) in [6.45, 7) is 2.09. The zero-order valence-electron chi connectivity index (χ0n) is 12.1. The van der Waals surface area contributed by atoms with E-state index in [-0.39, 0.29) is 11.8 Å². The number of hydrogen-bond donors (Lipinski definition) is 1. The Hall–Kier alpha value is -2.14. The highest BCUT2D eigenvalue weighted by atomic mass is 35.5. The minimum absolute atomic E-state index is 0.173. The van der Waals surface area contributed by atoms with Crippen LogP contribution in [0.2, 0.25) is 5.02 Å². The van der Waals surface area contributed by atoms with Gasteiger partial charge in [0.1, 0.15) is 12.4 Å². The molecule has 0 saturated carbocycles. The molecule has 22 heavy (non-hydrogen) atoms. The predicted molar refractivity (Wildman–Crippen MR) is 83.7 cm³/mol. The first-order valence-corrected chi connectivity index (χ1v) is 7.69. The monoisotopic (exact) mass is 314 g/mol.